The molecule has 0 aliphatic heterocycles. The second-order valence-electron chi connectivity index (χ2n) is 5.58. The number of methoxy groups -OCH3 is 1. The Morgan fingerprint density at radius 3 is 2.71 bits per heavy atom. The Balaban J connectivity index is 1.67. The van der Waals surface area contributed by atoms with Gasteiger partial charge >= 0.3 is 0 Å². The molecule has 0 unspecified atom stereocenters. The van der Waals surface area contributed by atoms with Gasteiger partial charge in [0.15, 0.2) is 4.67 Å². The summed E-state index contributed by atoms with van der Waals surface area (Å²) in [4.78, 5) is 28.3. The van der Waals surface area contributed by atoms with Crippen molar-refractivity contribution in [3.05, 3.63) is 76.9 Å². The Morgan fingerprint density at radius 1 is 1.18 bits per heavy atom. The van der Waals surface area contributed by atoms with E-state index in [-0.39, 0.29) is 11.8 Å². The summed E-state index contributed by atoms with van der Waals surface area (Å²) in [7, 11) is 1.48. The normalized spacial score (nSPS) is 10.6. The van der Waals surface area contributed by atoms with E-state index in [0.717, 1.165) is 0 Å². The molecule has 28 heavy (non-hydrogen) atoms. The summed E-state index contributed by atoms with van der Waals surface area (Å²) in [6, 6.07) is 11.7. The molecule has 0 aliphatic carbocycles. The average molecular weight is 442 g/mol. The highest BCUT2D eigenvalue weighted by Crippen LogP contribution is 2.28. The number of hydrogen-bond acceptors (Lipinski definition) is 5. The van der Waals surface area contributed by atoms with Crippen molar-refractivity contribution in [2.45, 2.75) is 0 Å². The summed E-state index contributed by atoms with van der Waals surface area (Å²) in [6.45, 7) is 0. The molecule has 0 fully saturated rings. The molecule has 7 nitrogen and oxygen atoms in total. The molecule has 0 bridgehead atoms. The monoisotopic (exact) mass is 441 g/mol. The van der Waals surface area contributed by atoms with Crippen LogP contribution in [0.5, 0.6) is 5.75 Å². The number of benzene rings is 1. The fourth-order valence-corrected chi connectivity index (χ4v) is 2.64. The molecule has 0 spiro atoms. The minimum absolute atomic E-state index is 0.310. The lowest BCUT2D eigenvalue weighted by Gasteiger charge is -2.12. The van der Waals surface area contributed by atoms with Crippen LogP contribution in [0, 0.1) is 0 Å². The van der Waals surface area contributed by atoms with Gasteiger partial charge in [-0.15, -0.1) is 0 Å². The molecule has 1 aromatic carbocycles. The molecule has 2 heterocycles. The van der Waals surface area contributed by atoms with Crippen molar-refractivity contribution in [2.75, 3.05) is 17.7 Å². The van der Waals surface area contributed by atoms with Crippen LogP contribution in [0.25, 0.3) is 6.08 Å². The highest BCUT2D eigenvalue weighted by Gasteiger charge is 2.11. The highest BCUT2D eigenvalue weighted by atomic mass is 79.9. The molecule has 2 N–H and O–H groups in total. The fraction of sp³-hybridized carbons (Fsp3) is 0.0500. The fourth-order valence-electron chi connectivity index (χ4n) is 2.32. The van der Waals surface area contributed by atoms with Crippen LogP contribution in [0.1, 0.15) is 16.1 Å². The van der Waals surface area contributed by atoms with E-state index in [1.54, 1.807) is 54.7 Å². The molecule has 2 amide bonds. The third-order valence-corrected chi connectivity index (χ3v) is 4.06. The second-order valence-corrected chi connectivity index (χ2v) is 6.36. The van der Waals surface area contributed by atoms with Crippen molar-refractivity contribution >= 4 is 45.2 Å². The third-order valence-electron chi connectivity index (χ3n) is 3.63. The molecule has 3 aromatic rings. The standard InChI is InChI=1S/C20H16BrN3O4/c1-27-17-11-14(23-19(25)9-6-15-5-8-18(21)28-15)4-7-16(17)24-20(26)13-3-2-10-22-12-13/h2-12H,1H3,(H,23,25)(H,24,26)/b9-6+. The quantitative estimate of drug-likeness (QED) is 0.554. The van der Waals surface area contributed by atoms with Gasteiger partial charge in [0.25, 0.3) is 5.91 Å². The van der Waals surface area contributed by atoms with E-state index < -0.39 is 0 Å². The maximum Gasteiger partial charge on any atom is 0.257 e. The number of carbonyl (C=O) groups is 2. The number of amides is 2. The van der Waals surface area contributed by atoms with Crippen molar-refractivity contribution in [2.24, 2.45) is 0 Å². The Labute approximate surface area is 169 Å². The summed E-state index contributed by atoms with van der Waals surface area (Å²) < 4.78 is 11.2. The number of nitrogens with one attached hydrogen (secondary N) is 2. The summed E-state index contributed by atoms with van der Waals surface area (Å²) in [6.07, 6.45) is 5.98. The van der Waals surface area contributed by atoms with Crippen molar-refractivity contribution in [3.8, 4) is 5.75 Å². The zero-order chi connectivity index (χ0) is 19.9. The van der Waals surface area contributed by atoms with Gasteiger partial charge in [0, 0.05) is 30.2 Å². The molecular formula is C20H16BrN3O4. The topological polar surface area (TPSA) is 93.5 Å². The van der Waals surface area contributed by atoms with E-state index in [1.807, 2.05) is 0 Å². The van der Waals surface area contributed by atoms with Gasteiger partial charge in [-0.3, -0.25) is 14.6 Å². The van der Waals surface area contributed by atoms with Gasteiger partial charge < -0.3 is 19.8 Å². The van der Waals surface area contributed by atoms with E-state index in [9.17, 15) is 9.59 Å². The minimum Gasteiger partial charge on any atom is -0.494 e. The molecule has 0 aliphatic rings. The van der Waals surface area contributed by atoms with Crippen LogP contribution in [0.4, 0.5) is 11.4 Å². The van der Waals surface area contributed by atoms with Gasteiger partial charge in [0.1, 0.15) is 11.5 Å². The van der Waals surface area contributed by atoms with Crippen LogP contribution in [0.3, 0.4) is 0 Å². The number of anilines is 2. The molecule has 0 saturated carbocycles. The van der Waals surface area contributed by atoms with Gasteiger partial charge in [0.05, 0.1) is 18.4 Å². The number of hydrogen-bond donors (Lipinski definition) is 2. The third kappa shape index (κ3) is 5.08. The SMILES string of the molecule is COc1cc(NC(=O)/C=C/c2ccc(Br)o2)ccc1NC(=O)c1cccnc1. The lowest BCUT2D eigenvalue weighted by molar-refractivity contribution is -0.111. The van der Waals surface area contributed by atoms with E-state index >= 15 is 0 Å². The van der Waals surface area contributed by atoms with Crippen LogP contribution < -0.4 is 15.4 Å². The first kappa shape index (κ1) is 19.4. The molecule has 3 rings (SSSR count). The van der Waals surface area contributed by atoms with Crippen molar-refractivity contribution in [3.63, 3.8) is 0 Å². The van der Waals surface area contributed by atoms with Gasteiger partial charge in [0.2, 0.25) is 5.91 Å². The first-order chi connectivity index (χ1) is 13.5. The Bertz CT molecular complexity index is 1020. The second kappa shape index (κ2) is 9.01. The predicted octanol–water partition coefficient (Wildman–Crippen LogP) is 4.35. The van der Waals surface area contributed by atoms with E-state index in [0.29, 0.717) is 33.1 Å². The van der Waals surface area contributed by atoms with Gasteiger partial charge in [-0.25, -0.2) is 0 Å². The number of ether oxygens (including phenoxy) is 1. The number of aromatic nitrogens is 1. The van der Waals surface area contributed by atoms with Gasteiger partial charge in [-0.05, 0) is 58.4 Å². The lowest BCUT2D eigenvalue weighted by atomic mass is 10.2. The van der Waals surface area contributed by atoms with Crippen LogP contribution >= 0.6 is 15.9 Å². The largest absolute Gasteiger partial charge is 0.494 e. The predicted molar refractivity (Wildman–Crippen MR) is 109 cm³/mol. The molecule has 8 heteroatoms. The van der Waals surface area contributed by atoms with Gasteiger partial charge in [-0.2, -0.15) is 0 Å². The molecule has 0 radical (unpaired) electrons. The zero-order valence-electron chi connectivity index (χ0n) is 14.8. The first-order valence-corrected chi connectivity index (χ1v) is 8.98. The number of carbonyl (C=O) groups excluding carboxylic acids is 2. The van der Waals surface area contributed by atoms with Crippen molar-refractivity contribution in [1.29, 1.82) is 0 Å². The molecule has 0 atom stereocenters. The van der Waals surface area contributed by atoms with Crippen molar-refractivity contribution in [1.82, 2.24) is 4.98 Å². The molecule has 2 aromatic heterocycles. The minimum atomic E-state index is -0.332. The van der Waals surface area contributed by atoms with Gasteiger partial charge in [-0.1, -0.05) is 0 Å². The Hall–Kier alpha value is -3.39. The first-order valence-electron chi connectivity index (χ1n) is 8.19. The molecule has 0 saturated heterocycles. The van der Waals surface area contributed by atoms with Crippen LogP contribution in [-0.2, 0) is 4.79 Å². The Kier molecular flexibility index (Phi) is 6.23. The smallest absolute Gasteiger partial charge is 0.257 e. The number of rotatable bonds is 6. The number of halogens is 1. The zero-order valence-corrected chi connectivity index (χ0v) is 16.4. The van der Waals surface area contributed by atoms with E-state index in [4.69, 9.17) is 9.15 Å². The highest BCUT2D eigenvalue weighted by molar-refractivity contribution is 9.10. The van der Waals surface area contributed by atoms with Crippen LogP contribution in [-0.4, -0.2) is 23.9 Å². The summed E-state index contributed by atoms with van der Waals surface area (Å²) >= 11 is 3.20. The van der Waals surface area contributed by atoms with Crippen molar-refractivity contribution < 1.29 is 18.7 Å². The lowest BCUT2D eigenvalue weighted by Crippen LogP contribution is -2.13. The van der Waals surface area contributed by atoms with E-state index in [2.05, 4.69) is 31.5 Å². The maximum atomic E-state index is 12.3. The van der Waals surface area contributed by atoms with E-state index in [1.165, 1.54) is 19.4 Å². The maximum absolute atomic E-state index is 12.3. The number of nitrogens with zero attached hydrogens (tertiary/aromatic N) is 1. The summed E-state index contributed by atoms with van der Waals surface area (Å²) in [5.74, 6) is 0.319. The number of pyridine rings is 1. The molecule has 142 valence electrons. The summed E-state index contributed by atoms with van der Waals surface area (Å²) in [5.41, 5.74) is 1.42. The average Bonchev–Trinajstić information content (AvgIpc) is 3.13. The summed E-state index contributed by atoms with van der Waals surface area (Å²) in [5, 5.41) is 5.48. The molecular weight excluding hydrogens is 426 g/mol. The van der Waals surface area contributed by atoms with Crippen LogP contribution in [0.2, 0.25) is 0 Å². The van der Waals surface area contributed by atoms with Crippen LogP contribution in [0.15, 0.2) is 70.0 Å². The number of furan rings is 1. The Morgan fingerprint density at radius 2 is 2.04 bits per heavy atom.